The fourth-order valence-corrected chi connectivity index (χ4v) is 3.08. The highest BCUT2D eigenvalue weighted by Gasteiger charge is 2.28. The number of carboxylic acids is 1. The topological polar surface area (TPSA) is 68.0 Å². The molecule has 5 heteroatoms. The van der Waals surface area contributed by atoms with Crippen LogP contribution in [-0.4, -0.2) is 25.8 Å². The standard InChI is InChI=1S/C16H19N3O2/c1-3-11-4-5-14-13(7-11)15(16(20)21)18-19(14)12-6-10(2)8-17-9-12/h6,8-9,11H,3-5,7H2,1-2H3,(H,20,21). The molecule has 1 unspecified atom stereocenters. The van der Waals surface area contributed by atoms with Crippen molar-refractivity contribution >= 4 is 5.97 Å². The number of aromatic carboxylic acids is 1. The van der Waals surface area contributed by atoms with Gasteiger partial charge in [0.25, 0.3) is 0 Å². The number of aryl methyl sites for hydroxylation is 1. The van der Waals surface area contributed by atoms with Crippen molar-refractivity contribution in [3.63, 3.8) is 0 Å². The maximum absolute atomic E-state index is 11.5. The van der Waals surface area contributed by atoms with Crippen molar-refractivity contribution in [3.8, 4) is 5.69 Å². The van der Waals surface area contributed by atoms with Crippen molar-refractivity contribution in [2.75, 3.05) is 0 Å². The summed E-state index contributed by atoms with van der Waals surface area (Å²) >= 11 is 0. The third kappa shape index (κ3) is 2.44. The summed E-state index contributed by atoms with van der Waals surface area (Å²) in [5.74, 6) is -0.383. The number of fused-ring (bicyclic) bond motifs is 1. The lowest BCUT2D eigenvalue weighted by molar-refractivity contribution is 0.0688. The molecule has 0 spiro atoms. The summed E-state index contributed by atoms with van der Waals surface area (Å²) in [6, 6.07) is 1.98. The number of pyridine rings is 1. The lowest BCUT2D eigenvalue weighted by Crippen LogP contribution is -2.16. The van der Waals surface area contributed by atoms with Crippen molar-refractivity contribution in [2.24, 2.45) is 5.92 Å². The molecule has 110 valence electrons. The summed E-state index contributed by atoms with van der Waals surface area (Å²) in [5.41, 5.74) is 4.01. The van der Waals surface area contributed by atoms with Crippen LogP contribution in [0.3, 0.4) is 0 Å². The van der Waals surface area contributed by atoms with Crippen LogP contribution in [0.25, 0.3) is 5.69 Å². The highest BCUT2D eigenvalue weighted by Crippen LogP contribution is 2.31. The minimum Gasteiger partial charge on any atom is -0.476 e. The SMILES string of the molecule is CCC1CCc2c(c(C(=O)O)nn2-c2cncc(C)c2)C1. The zero-order valence-electron chi connectivity index (χ0n) is 12.3. The van der Waals surface area contributed by atoms with Crippen LogP contribution in [0, 0.1) is 12.8 Å². The molecule has 1 aliphatic rings. The molecule has 2 heterocycles. The number of aromatic nitrogens is 3. The fourth-order valence-electron chi connectivity index (χ4n) is 3.08. The van der Waals surface area contributed by atoms with E-state index in [-0.39, 0.29) is 5.69 Å². The van der Waals surface area contributed by atoms with E-state index in [9.17, 15) is 9.90 Å². The minimum absolute atomic E-state index is 0.199. The van der Waals surface area contributed by atoms with Gasteiger partial charge in [-0.25, -0.2) is 9.48 Å². The molecule has 0 amide bonds. The zero-order valence-corrected chi connectivity index (χ0v) is 12.3. The molecule has 0 aromatic carbocycles. The van der Waals surface area contributed by atoms with Gasteiger partial charge in [-0.2, -0.15) is 5.10 Å². The molecular formula is C16H19N3O2. The molecule has 0 fully saturated rings. The third-order valence-corrected chi connectivity index (χ3v) is 4.26. The van der Waals surface area contributed by atoms with Crippen LogP contribution in [0.4, 0.5) is 0 Å². The van der Waals surface area contributed by atoms with Crippen LogP contribution >= 0.6 is 0 Å². The van der Waals surface area contributed by atoms with Crippen LogP contribution < -0.4 is 0 Å². The van der Waals surface area contributed by atoms with Gasteiger partial charge in [0.2, 0.25) is 0 Å². The van der Waals surface area contributed by atoms with E-state index < -0.39 is 5.97 Å². The van der Waals surface area contributed by atoms with E-state index in [4.69, 9.17) is 0 Å². The average molecular weight is 285 g/mol. The summed E-state index contributed by atoms with van der Waals surface area (Å²) in [4.78, 5) is 15.7. The molecule has 1 aliphatic carbocycles. The highest BCUT2D eigenvalue weighted by atomic mass is 16.4. The van der Waals surface area contributed by atoms with Crippen LogP contribution in [0.1, 0.15) is 47.1 Å². The molecule has 5 nitrogen and oxygen atoms in total. The Morgan fingerprint density at radius 1 is 1.48 bits per heavy atom. The number of hydrogen-bond donors (Lipinski definition) is 1. The Balaban J connectivity index is 2.13. The predicted molar refractivity (Wildman–Crippen MR) is 78.9 cm³/mol. The zero-order chi connectivity index (χ0) is 15.0. The predicted octanol–water partition coefficient (Wildman–Crippen LogP) is 2.79. The van der Waals surface area contributed by atoms with Crippen molar-refractivity contribution in [1.29, 1.82) is 0 Å². The summed E-state index contributed by atoms with van der Waals surface area (Å²) < 4.78 is 1.77. The van der Waals surface area contributed by atoms with Gasteiger partial charge in [-0.3, -0.25) is 4.98 Å². The maximum Gasteiger partial charge on any atom is 0.356 e. The maximum atomic E-state index is 11.5. The first-order chi connectivity index (χ1) is 10.1. The Morgan fingerprint density at radius 3 is 2.95 bits per heavy atom. The average Bonchev–Trinajstić information content (AvgIpc) is 2.86. The van der Waals surface area contributed by atoms with Crippen LogP contribution in [0.5, 0.6) is 0 Å². The second-order valence-corrected chi connectivity index (χ2v) is 5.73. The Kier molecular flexibility index (Phi) is 3.49. The monoisotopic (exact) mass is 285 g/mol. The fraction of sp³-hybridized carbons (Fsp3) is 0.438. The second kappa shape index (κ2) is 5.31. The second-order valence-electron chi connectivity index (χ2n) is 5.73. The Labute approximate surface area is 123 Å². The van der Waals surface area contributed by atoms with Crippen LogP contribution in [0.15, 0.2) is 18.5 Å². The summed E-state index contributed by atoms with van der Waals surface area (Å²) in [7, 11) is 0. The first kappa shape index (κ1) is 13.8. The van der Waals surface area contributed by atoms with E-state index in [0.717, 1.165) is 48.2 Å². The molecule has 1 atom stereocenters. The lowest BCUT2D eigenvalue weighted by Gasteiger charge is -2.21. The molecule has 0 bridgehead atoms. The van der Waals surface area contributed by atoms with Gasteiger partial charge in [0.1, 0.15) is 0 Å². The number of nitrogens with zero attached hydrogens (tertiary/aromatic N) is 3. The normalized spacial score (nSPS) is 17.5. The molecule has 0 radical (unpaired) electrons. The van der Waals surface area contributed by atoms with Gasteiger partial charge in [-0.15, -0.1) is 0 Å². The van der Waals surface area contributed by atoms with E-state index in [1.807, 2.05) is 13.0 Å². The molecule has 3 rings (SSSR count). The number of carboxylic acid groups (broad SMARTS) is 1. The third-order valence-electron chi connectivity index (χ3n) is 4.26. The van der Waals surface area contributed by atoms with Crippen molar-refractivity contribution in [3.05, 3.63) is 41.0 Å². The number of carbonyl (C=O) groups is 1. The van der Waals surface area contributed by atoms with Gasteiger partial charge >= 0.3 is 5.97 Å². The van der Waals surface area contributed by atoms with Gasteiger partial charge in [-0.05, 0) is 43.7 Å². The first-order valence-electron chi connectivity index (χ1n) is 7.36. The van der Waals surface area contributed by atoms with Crippen LogP contribution in [0.2, 0.25) is 0 Å². The van der Waals surface area contributed by atoms with Gasteiger partial charge in [0.05, 0.1) is 11.9 Å². The van der Waals surface area contributed by atoms with Gasteiger partial charge in [0.15, 0.2) is 5.69 Å². The largest absolute Gasteiger partial charge is 0.476 e. The van der Waals surface area contributed by atoms with E-state index in [2.05, 4.69) is 17.0 Å². The smallest absolute Gasteiger partial charge is 0.356 e. The van der Waals surface area contributed by atoms with Crippen molar-refractivity contribution < 1.29 is 9.90 Å². The van der Waals surface area contributed by atoms with E-state index >= 15 is 0 Å². The first-order valence-corrected chi connectivity index (χ1v) is 7.36. The molecular weight excluding hydrogens is 266 g/mol. The Hall–Kier alpha value is -2.17. The van der Waals surface area contributed by atoms with Gasteiger partial charge in [0, 0.05) is 17.5 Å². The quantitative estimate of drug-likeness (QED) is 0.941. The molecule has 1 N–H and O–H groups in total. The highest BCUT2D eigenvalue weighted by molar-refractivity contribution is 5.87. The summed E-state index contributed by atoms with van der Waals surface area (Å²) in [6.45, 7) is 4.13. The molecule has 2 aromatic heterocycles. The lowest BCUT2D eigenvalue weighted by atomic mass is 9.85. The van der Waals surface area contributed by atoms with Crippen molar-refractivity contribution in [1.82, 2.24) is 14.8 Å². The number of hydrogen-bond acceptors (Lipinski definition) is 3. The minimum atomic E-state index is -0.942. The summed E-state index contributed by atoms with van der Waals surface area (Å²) in [5, 5.41) is 13.8. The Morgan fingerprint density at radius 2 is 2.29 bits per heavy atom. The molecule has 21 heavy (non-hydrogen) atoms. The molecule has 0 saturated heterocycles. The Bertz CT molecular complexity index is 691. The van der Waals surface area contributed by atoms with E-state index in [1.165, 1.54) is 0 Å². The van der Waals surface area contributed by atoms with Crippen LogP contribution in [-0.2, 0) is 12.8 Å². The van der Waals surface area contributed by atoms with Gasteiger partial charge < -0.3 is 5.11 Å². The molecule has 2 aromatic rings. The van der Waals surface area contributed by atoms with E-state index in [0.29, 0.717) is 5.92 Å². The van der Waals surface area contributed by atoms with Gasteiger partial charge in [-0.1, -0.05) is 13.3 Å². The number of rotatable bonds is 3. The van der Waals surface area contributed by atoms with Crippen molar-refractivity contribution in [2.45, 2.75) is 39.5 Å². The van der Waals surface area contributed by atoms with E-state index in [1.54, 1.807) is 17.1 Å². The molecule has 0 aliphatic heterocycles. The molecule has 0 saturated carbocycles. The summed E-state index contributed by atoms with van der Waals surface area (Å²) in [6.07, 6.45) is 7.38.